The number of anilines is 1. The van der Waals surface area contributed by atoms with Gasteiger partial charge in [-0.25, -0.2) is 0 Å². The molecular formula is C29H39NO3. The predicted molar refractivity (Wildman–Crippen MR) is 134 cm³/mol. The molecule has 1 heterocycles. The normalized spacial score (nSPS) is 24.5. The second-order valence-corrected chi connectivity index (χ2v) is 10.2. The Balaban J connectivity index is 1.31. The van der Waals surface area contributed by atoms with Crippen LogP contribution in [0.15, 0.2) is 42.0 Å². The molecule has 2 aliphatic carbocycles. The average Bonchev–Trinajstić information content (AvgIpc) is 3.25. The molecule has 178 valence electrons. The molecule has 1 aromatic carbocycles. The Morgan fingerprint density at radius 3 is 2.61 bits per heavy atom. The lowest BCUT2D eigenvalue weighted by atomic mass is 9.75. The van der Waals surface area contributed by atoms with Gasteiger partial charge in [-0.2, -0.15) is 0 Å². The molecule has 1 amide bonds. The molecule has 0 spiro atoms. The van der Waals surface area contributed by atoms with Crippen LogP contribution in [-0.2, 0) is 16.0 Å². The first-order chi connectivity index (χ1) is 16.0. The Hall–Kier alpha value is -2.36. The highest BCUT2D eigenvalue weighted by atomic mass is 16.4. The lowest BCUT2D eigenvalue weighted by Gasteiger charge is -2.30. The van der Waals surface area contributed by atoms with E-state index in [2.05, 4.69) is 43.4 Å². The summed E-state index contributed by atoms with van der Waals surface area (Å²) in [6, 6.07) is 6.70. The lowest BCUT2D eigenvalue weighted by molar-refractivity contribution is -0.138. The molecule has 4 heteroatoms. The van der Waals surface area contributed by atoms with Crippen LogP contribution >= 0.6 is 0 Å². The van der Waals surface area contributed by atoms with Gasteiger partial charge in [-0.05, 0) is 79.5 Å². The molecule has 0 radical (unpaired) electrons. The molecular weight excluding hydrogens is 410 g/mol. The van der Waals surface area contributed by atoms with E-state index in [-0.39, 0.29) is 5.91 Å². The molecule has 1 unspecified atom stereocenters. The number of rotatable bonds is 9. The van der Waals surface area contributed by atoms with Crippen molar-refractivity contribution in [2.75, 3.05) is 11.4 Å². The van der Waals surface area contributed by atoms with E-state index in [1.54, 1.807) is 0 Å². The Labute approximate surface area is 198 Å². The zero-order valence-corrected chi connectivity index (χ0v) is 20.1. The number of nitrogens with zero attached hydrogens (tertiary/aromatic N) is 1. The van der Waals surface area contributed by atoms with E-state index in [0.29, 0.717) is 30.6 Å². The van der Waals surface area contributed by atoms with Gasteiger partial charge in [-0.15, -0.1) is 0 Å². The highest BCUT2D eigenvalue weighted by Gasteiger charge is 2.27. The van der Waals surface area contributed by atoms with Crippen molar-refractivity contribution in [2.24, 2.45) is 11.8 Å². The summed E-state index contributed by atoms with van der Waals surface area (Å²) in [5, 5.41) is 9.03. The number of hydrogen-bond donors (Lipinski definition) is 1. The topological polar surface area (TPSA) is 57.6 Å². The zero-order valence-electron chi connectivity index (χ0n) is 20.1. The molecule has 4 nitrogen and oxygen atoms in total. The molecule has 1 saturated carbocycles. The molecule has 3 aliphatic rings. The standard InChI is InChI=1S/C29H39NO3/c1-2-3-4-5-6-28(31)30-18-17-26-20-25(15-16-27(26)30)24-13-11-23(12-14-24)22-9-7-21(8-10-22)19-29(32)33/h11-13,15-16,20-22,24H,2-10,14,17-19H2,1H3,(H,32,33). The van der Waals surface area contributed by atoms with Crippen molar-refractivity contribution >= 4 is 17.6 Å². The monoisotopic (exact) mass is 449 g/mol. The minimum atomic E-state index is -0.660. The first-order valence-corrected chi connectivity index (χ1v) is 13.1. The van der Waals surface area contributed by atoms with E-state index in [1.165, 1.54) is 29.5 Å². The molecule has 1 aromatic rings. The number of fused-ring (bicyclic) bond motifs is 1. The first-order valence-electron chi connectivity index (χ1n) is 13.1. The summed E-state index contributed by atoms with van der Waals surface area (Å²) in [5.41, 5.74) is 5.23. The van der Waals surface area contributed by atoms with Crippen molar-refractivity contribution in [1.82, 2.24) is 0 Å². The summed E-state index contributed by atoms with van der Waals surface area (Å²) < 4.78 is 0. The van der Waals surface area contributed by atoms with Crippen LogP contribution in [0.5, 0.6) is 0 Å². The second kappa shape index (κ2) is 11.2. The maximum atomic E-state index is 12.7. The maximum absolute atomic E-state index is 12.7. The number of unbranched alkanes of at least 4 members (excludes halogenated alkanes) is 3. The van der Waals surface area contributed by atoms with Gasteiger partial charge in [0.2, 0.25) is 5.91 Å². The highest BCUT2D eigenvalue weighted by Crippen LogP contribution is 2.39. The second-order valence-electron chi connectivity index (χ2n) is 10.2. The fraction of sp³-hybridized carbons (Fsp3) is 0.586. The van der Waals surface area contributed by atoms with E-state index in [9.17, 15) is 9.59 Å². The van der Waals surface area contributed by atoms with Crippen molar-refractivity contribution in [3.05, 3.63) is 53.1 Å². The third-order valence-corrected chi connectivity index (χ3v) is 7.88. The van der Waals surface area contributed by atoms with Gasteiger partial charge >= 0.3 is 5.97 Å². The van der Waals surface area contributed by atoms with E-state index in [0.717, 1.165) is 63.6 Å². The van der Waals surface area contributed by atoms with Gasteiger partial charge in [0.15, 0.2) is 0 Å². The van der Waals surface area contributed by atoms with E-state index >= 15 is 0 Å². The molecule has 0 bridgehead atoms. The summed E-state index contributed by atoms with van der Waals surface area (Å²) in [5.74, 6) is 0.965. The number of carbonyl (C=O) groups excluding carboxylic acids is 1. The van der Waals surface area contributed by atoms with Crippen LogP contribution in [0.4, 0.5) is 5.69 Å². The number of carbonyl (C=O) groups is 2. The molecule has 4 rings (SSSR count). The summed E-state index contributed by atoms with van der Waals surface area (Å²) >= 11 is 0. The molecule has 0 saturated heterocycles. The van der Waals surface area contributed by atoms with Gasteiger partial charge in [-0.3, -0.25) is 9.59 Å². The van der Waals surface area contributed by atoms with Crippen molar-refractivity contribution in [2.45, 2.75) is 89.9 Å². The fourth-order valence-corrected chi connectivity index (χ4v) is 5.88. The van der Waals surface area contributed by atoms with Crippen molar-refractivity contribution in [3.8, 4) is 0 Å². The SMILES string of the molecule is CCCCCCC(=O)N1CCc2cc(C3C=CC(C4CCC(CC(=O)O)CC4)=CC3)ccc21. The Bertz CT molecular complexity index is 907. The van der Waals surface area contributed by atoms with Crippen LogP contribution in [0.25, 0.3) is 0 Å². The maximum Gasteiger partial charge on any atom is 0.303 e. The number of amides is 1. The average molecular weight is 450 g/mol. The third kappa shape index (κ3) is 5.96. The molecule has 1 aliphatic heterocycles. The smallest absolute Gasteiger partial charge is 0.303 e. The largest absolute Gasteiger partial charge is 0.481 e. The molecule has 1 N–H and O–H groups in total. The van der Waals surface area contributed by atoms with Gasteiger partial charge in [0, 0.05) is 31.0 Å². The highest BCUT2D eigenvalue weighted by molar-refractivity contribution is 5.95. The molecule has 1 fully saturated rings. The Kier molecular flexibility index (Phi) is 8.06. The number of hydrogen-bond acceptors (Lipinski definition) is 2. The number of carboxylic acids is 1. The summed E-state index contributed by atoms with van der Waals surface area (Å²) in [6.45, 7) is 3.02. The first kappa shape index (κ1) is 23.8. The summed E-state index contributed by atoms with van der Waals surface area (Å²) in [4.78, 5) is 25.7. The van der Waals surface area contributed by atoms with Crippen LogP contribution in [0.2, 0.25) is 0 Å². The van der Waals surface area contributed by atoms with Crippen LogP contribution < -0.4 is 4.90 Å². The van der Waals surface area contributed by atoms with Crippen molar-refractivity contribution in [1.29, 1.82) is 0 Å². The predicted octanol–water partition coefficient (Wildman–Crippen LogP) is 6.80. The van der Waals surface area contributed by atoms with Gasteiger partial charge in [0.05, 0.1) is 0 Å². The minimum Gasteiger partial charge on any atom is -0.481 e. The van der Waals surface area contributed by atoms with Crippen LogP contribution in [-0.4, -0.2) is 23.5 Å². The van der Waals surface area contributed by atoms with Gasteiger partial charge in [0.1, 0.15) is 0 Å². The van der Waals surface area contributed by atoms with E-state index in [1.807, 2.05) is 4.90 Å². The third-order valence-electron chi connectivity index (χ3n) is 7.88. The molecule has 33 heavy (non-hydrogen) atoms. The Morgan fingerprint density at radius 2 is 1.91 bits per heavy atom. The van der Waals surface area contributed by atoms with Gasteiger partial charge in [0.25, 0.3) is 0 Å². The van der Waals surface area contributed by atoms with E-state index < -0.39 is 5.97 Å². The fourth-order valence-electron chi connectivity index (χ4n) is 5.88. The van der Waals surface area contributed by atoms with Crippen molar-refractivity contribution < 1.29 is 14.7 Å². The summed E-state index contributed by atoms with van der Waals surface area (Å²) in [7, 11) is 0. The Morgan fingerprint density at radius 1 is 1.09 bits per heavy atom. The zero-order chi connectivity index (χ0) is 23.2. The number of carboxylic acid groups (broad SMARTS) is 1. The number of allylic oxidation sites excluding steroid dienone is 4. The number of benzene rings is 1. The van der Waals surface area contributed by atoms with Crippen molar-refractivity contribution in [3.63, 3.8) is 0 Å². The number of aliphatic carboxylic acids is 1. The van der Waals surface area contributed by atoms with Crippen LogP contribution in [0.1, 0.15) is 94.6 Å². The minimum absolute atomic E-state index is 0.279. The molecule has 1 atom stereocenters. The quantitative estimate of drug-likeness (QED) is 0.422. The molecule has 0 aromatic heterocycles. The van der Waals surface area contributed by atoms with E-state index in [4.69, 9.17) is 5.11 Å². The van der Waals surface area contributed by atoms with Gasteiger partial charge in [-0.1, -0.05) is 56.5 Å². The summed E-state index contributed by atoms with van der Waals surface area (Å²) in [6.07, 6.45) is 18.9. The van der Waals surface area contributed by atoms with Crippen LogP contribution in [0.3, 0.4) is 0 Å². The lowest BCUT2D eigenvalue weighted by Crippen LogP contribution is -2.28. The van der Waals surface area contributed by atoms with Gasteiger partial charge < -0.3 is 10.0 Å². The van der Waals surface area contributed by atoms with Crippen LogP contribution in [0, 0.1) is 11.8 Å².